The SMILES string of the molecule is COCn1ccc(C(=O)Nc2nn(Cc3ccc(Cl)c(Cl)c3)cc2Cl)n1. The third-order valence-electron chi connectivity index (χ3n) is 3.41. The smallest absolute Gasteiger partial charge is 0.277 e. The Bertz CT molecular complexity index is 938. The summed E-state index contributed by atoms with van der Waals surface area (Å²) < 4.78 is 8.05. The molecule has 1 N–H and O–H groups in total. The molecule has 26 heavy (non-hydrogen) atoms. The predicted molar refractivity (Wildman–Crippen MR) is 100.0 cm³/mol. The van der Waals surface area contributed by atoms with Gasteiger partial charge in [0.05, 0.1) is 16.6 Å². The molecule has 3 aromatic rings. The first kappa shape index (κ1) is 18.7. The van der Waals surface area contributed by atoms with Crippen LogP contribution in [-0.2, 0) is 18.0 Å². The number of amides is 1. The minimum Gasteiger partial charge on any atom is -0.362 e. The van der Waals surface area contributed by atoms with Crippen molar-refractivity contribution in [2.45, 2.75) is 13.3 Å². The average molecular weight is 415 g/mol. The number of hydrogen-bond acceptors (Lipinski definition) is 4. The number of rotatable bonds is 6. The quantitative estimate of drug-likeness (QED) is 0.663. The summed E-state index contributed by atoms with van der Waals surface area (Å²) in [4.78, 5) is 12.3. The summed E-state index contributed by atoms with van der Waals surface area (Å²) in [5.74, 6) is -0.167. The molecule has 0 saturated carbocycles. The molecule has 2 heterocycles. The summed E-state index contributed by atoms with van der Waals surface area (Å²) in [6.07, 6.45) is 3.26. The number of hydrogen-bond donors (Lipinski definition) is 1. The second-order valence-electron chi connectivity index (χ2n) is 5.38. The highest BCUT2D eigenvalue weighted by molar-refractivity contribution is 6.42. The molecule has 0 atom stereocenters. The van der Waals surface area contributed by atoms with Crippen LogP contribution in [0, 0.1) is 0 Å². The first-order chi connectivity index (χ1) is 12.5. The number of anilines is 1. The van der Waals surface area contributed by atoms with Crippen LogP contribution in [0.3, 0.4) is 0 Å². The van der Waals surface area contributed by atoms with Gasteiger partial charge in [0.1, 0.15) is 11.8 Å². The van der Waals surface area contributed by atoms with Crippen molar-refractivity contribution in [3.63, 3.8) is 0 Å². The maximum Gasteiger partial charge on any atom is 0.277 e. The van der Waals surface area contributed by atoms with Gasteiger partial charge < -0.3 is 10.1 Å². The fraction of sp³-hybridized carbons (Fsp3) is 0.188. The molecule has 0 saturated heterocycles. The summed E-state index contributed by atoms with van der Waals surface area (Å²) >= 11 is 18.1. The molecule has 0 unspecified atom stereocenters. The first-order valence-electron chi connectivity index (χ1n) is 7.47. The number of ether oxygens (including phenoxy) is 1. The van der Waals surface area contributed by atoms with Crippen LogP contribution in [0.15, 0.2) is 36.7 Å². The van der Waals surface area contributed by atoms with Gasteiger partial charge in [0, 0.05) is 19.5 Å². The Balaban J connectivity index is 1.70. The van der Waals surface area contributed by atoms with Crippen molar-refractivity contribution in [3.8, 4) is 0 Å². The van der Waals surface area contributed by atoms with Crippen LogP contribution in [0.5, 0.6) is 0 Å². The maximum absolute atomic E-state index is 12.3. The summed E-state index contributed by atoms with van der Waals surface area (Å²) in [7, 11) is 1.54. The van der Waals surface area contributed by atoms with E-state index in [1.54, 1.807) is 42.4 Å². The largest absolute Gasteiger partial charge is 0.362 e. The van der Waals surface area contributed by atoms with Gasteiger partial charge in [-0.2, -0.15) is 10.2 Å². The summed E-state index contributed by atoms with van der Waals surface area (Å²) in [5, 5.41) is 12.3. The Morgan fingerprint density at radius 2 is 1.92 bits per heavy atom. The zero-order chi connectivity index (χ0) is 18.7. The molecular weight excluding hydrogens is 401 g/mol. The van der Waals surface area contributed by atoms with Gasteiger partial charge in [-0.25, -0.2) is 4.68 Å². The Labute approximate surface area is 164 Å². The summed E-state index contributed by atoms with van der Waals surface area (Å²) in [5.41, 5.74) is 1.13. The van der Waals surface area contributed by atoms with E-state index < -0.39 is 5.91 Å². The van der Waals surface area contributed by atoms with Crippen molar-refractivity contribution >= 4 is 46.5 Å². The first-order valence-corrected chi connectivity index (χ1v) is 8.60. The van der Waals surface area contributed by atoms with Gasteiger partial charge >= 0.3 is 0 Å². The lowest BCUT2D eigenvalue weighted by molar-refractivity contribution is 0.101. The van der Waals surface area contributed by atoms with Crippen molar-refractivity contribution in [2.75, 3.05) is 12.4 Å². The van der Waals surface area contributed by atoms with E-state index in [0.29, 0.717) is 21.6 Å². The third kappa shape index (κ3) is 4.37. The van der Waals surface area contributed by atoms with E-state index >= 15 is 0 Å². The third-order valence-corrected chi connectivity index (χ3v) is 4.43. The summed E-state index contributed by atoms with van der Waals surface area (Å²) in [6.45, 7) is 0.682. The van der Waals surface area contributed by atoms with Gasteiger partial charge in [-0.05, 0) is 23.8 Å². The maximum atomic E-state index is 12.3. The van der Waals surface area contributed by atoms with Crippen molar-refractivity contribution in [1.29, 1.82) is 0 Å². The number of methoxy groups -OCH3 is 1. The van der Waals surface area contributed by atoms with Crippen LogP contribution in [-0.4, -0.2) is 32.6 Å². The van der Waals surface area contributed by atoms with Crippen LogP contribution in [0.1, 0.15) is 16.1 Å². The van der Waals surface area contributed by atoms with E-state index in [1.807, 2.05) is 6.07 Å². The minimum absolute atomic E-state index is 0.233. The lowest BCUT2D eigenvalue weighted by Gasteiger charge is -2.04. The second kappa shape index (κ2) is 8.09. The molecule has 2 aromatic heterocycles. The highest BCUT2D eigenvalue weighted by atomic mass is 35.5. The topological polar surface area (TPSA) is 74.0 Å². The fourth-order valence-electron chi connectivity index (χ4n) is 2.25. The van der Waals surface area contributed by atoms with E-state index in [2.05, 4.69) is 15.5 Å². The zero-order valence-electron chi connectivity index (χ0n) is 13.6. The minimum atomic E-state index is -0.415. The van der Waals surface area contributed by atoms with Crippen LogP contribution < -0.4 is 5.32 Å². The predicted octanol–water partition coefficient (Wildman–Crippen LogP) is 3.94. The molecule has 1 aromatic carbocycles. The zero-order valence-corrected chi connectivity index (χ0v) is 15.9. The molecule has 0 aliphatic rings. The van der Waals surface area contributed by atoms with Crippen LogP contribution in [0.4, 0.5) is 5.82 Å². The fourth-order valence-corrected chi connectivity index (χ4v) is 2.76. The Morgan fingerprint density at radius 3 is 2.65 bits per heavy atom. The van der Waals surface area contributed by atoms with E-state index in [4.69, 9.17) is 39.5 Å². The van der Waals surface area contributed by atoms with E-state index in [-0.39, 0.29) is 18.2 Å². The van der Waals surface area contributed by atoms with Gasteiger partial charge in [-0.15, -0.1) is 0 Å². The van der Waals surface area contributed by atoms with Crippen molar-refractivity contribution in [2.24, 2.45) is 0 Å². The van der Waals surface area contributed by atoms with E-state index in [0.717, 1.165) is 5.56 Å². The number of benzene rings is 1. The lowest BCUT2D eigenvalue weighted by atomic mass is 10.2. The standard InChI is InChI=1S/C16H14Cl3N5O2/c1-26-9-23-5-4-14(21-23)16(25)20-15-13(19)8-24(22-15)7-10-2-3-11(17)12(18)6-10/h2-6,8H,7,9H2,1H3,(H,20,22,25). The molecule has 0 fully saturated rings. The number of nitrogens with zero attached hydrogens (tertiary/aromatic N) is 4. The monoisotopic (exact) mass is 413 g/mol. The Morgan fingerprint density at radius 1 is 1.12 bits per heavy atom. The molecule has 1 amide bonds. The molecule has 0 spiro atoms. The van der Waals surface area contributed by atoms with Crippen LogP contribution in [0.2, 0.25) is 15.1 Å². The number of carbonyl (C=O) groups is 1. The van der Waals surface area contributed by atoms with Gasteiger partial charge in [-0.3, -0.25) is 9.48 Å². The molecule has 0 radical (unpaired) electrons. The highest BCUT2D eigenvalue weighted by Gasteiger charge is 2.15. The molecule has 0 aliphatic heterocycles. The number of halogens is 3. The Hall–Kier alpha value is -2.06. The molecule has 136 valence electrons. The molecular formula is C16H14Cl3N5O2. The summed E-state index contributed by atoms with van der Waals surface area (Å²) in [6, 6.07) is 6.88. The van der Waals surface area contributed by atoms with Gasteiger partial charge in [0.15, 0.2) is 11.5 Å². The van der Waals surface area contributed by atoms with Gasteiger partial charge in [0.2, 0.25) is 0 Å². The van der Waals surface area contributed by atoms with Crippen LogP contribution in [0.25, 0.3) is 0 Å². The number of nitrogens with one attached hydrogen (secondary N) is 1. The van der Waals surface area contributed by atoms with Gasteiger partial charge in [-0.1, -0.05) is 40.9 Å². The van der Waals surface area contributed by atoms with Gasteiger partial charge in [0.25, 0.3) is 5.91 Å². The molecule has 3 rings (SSSR count). The normalized spacial score (nSPS) is 10.9. The van der Waals surface area contributed by atoms with Crippen molar-refractivity contribution in [3.05, 3.63) is 63.0 Å². The molecule has 10 heteroatoms. The molecule has 7 nitrogen and oxygen atoms in total. The molecule has 0 aliphatic carbocycles. The highest BCUT2D eigenvalue weighted by Crippen LogP contribution is 2.24. The van der Waals surface area contributed by atoms with E-state index in [1.165, 1.54) is 4.68 Å². The van der Waals surface area contributed by atoms with Crippen molar-refractivity contribution < 1.29 is 9.53 Å². The lowest BCUT2D eigenvalue weighted by Crippen LogP contribution is -2.14. The molecule has 0 bridgehead atoms. The average Bonchev–Trinajstić information content (AvgIpc) is 3.19. The Kier molecular flexibility index (Phi) is 5.83. The van der Waals surface area contributed by atoms with Crippen molar-refractivity contribution in [1.82, 2.24) is 19.6 Å². The number of carbonyl (C=O) groups excluding carboxylic acids is 1. The van der Waals surface area contributed by atoms with E-state index in [9.17, 15) is 4.79 Å². The second-order valence-corrected chi connectivity index (χ2v) is 6.61. The van der Waals surface area contributed by atoms with Crippen LogP contribution >= 0.6 is 34.8 Å². The number of aromatic nitrogens is 4.